The zero-order valence-corrected chi connectivity index (χ0v) is 16.4. The molecule has 30 heavy (non-hydrogen) atoms. The van der Waals surface area contributed by atoms with E-state index in [4.69, 9.17) is 10.3 Å². The molecule has 2 aromatic carbocycles. The first-order chi connectivity index (χ1) is 14.5. The van der Waals surface area contributed by atoms with Crippen molar-refractivity contribution in [3.05, 3.63) is 98.9 Å². The summed E-state index contributed by atoms with van der Waals surface area (Å²) in [4.78, 5) is 28.8. The van der Waals surface area contributed by atoms with Gasteiger partial charge in [0, 0.05) is 18.7 Å². The Morgan fingerprint density at radius 3 is 2.43 bits per heavy atom. The smallest absolute Gasteiger partial charge is 0.330 e. The van der Waals surface area contributed by atoms with E-state index in [0.29, 0.717) is 11.5 Å². The quantitative estimate of drug-likeness (QED) is 0.512. The third kappa shape index (κ3) is 3.88. The van der Waals surface area contributed by atoms with Crippen LogP contribution in [0.5, 0.6) is 0 Å². The summed E-state index contributed by atoms with van der Waals surface area (Å²) in [5, 5.41) is 4.09. The van der Waals surface area contributed by atoms with E-state index >= 15 is 0 Å². The Bertz CT molecular complexity index is 1260. The van der Waals surface area contributed by atoms with Crippen molar-refractivity contribution in [3.8, 4) is 11.3 Å². The molecule has 8 nitrogen and oxygen atoms in total. The Morgan fingerprint density at radius 1 is 1.07 bits per heavy atom. The van der Waals surface area contributed by atoms with Gasteiger partial charge in [0.2, 0.25) is 0 Å². The van der Waals surface area contributed by atoms with Crippen molar-refractivity contribution in [2.45, 2.75) is 13.1 Å². The lowest BCUT2D eigenvalue weighted by molar-refractivity contribution is 0.385. The SMILES string of the molecule is CN(Cc1cc(-c2ccccc2)no1)c1c(N)n(Cc2ccccc2)c(=O)[nH]c1=O. The minimum atomic E-state index is -0.551. The van der Waals surface area contributed by atoms with E-state index in [0.717, 1.165) is 11.1 Å². The number of hydrogen-bond donors (Lipinski definition) is 2. The molecule has 0 radical (unpaired) electrons. The lowest BCUT2D eigenvalue weighted by atomic mass is 10.1. The lowest BCUT2D eigenvalue weighted by Crippen LogP contribution is -2.37. The number of hydrogen-bond acceptors (Lipinski definition) is 6. The Morgan fingerprint density at radius 2 is 1.73 bits per heavy atom. The number of nitrogens with one attached hydrogen (secondary N) is 1. The second kappa shape index (κ2) is 8.12. The molecule has 0 atom stereocenters. The van der Waals surface area contributed by atoms with Crippen LogP contribution in [0.15, 0.2) is 80.8 Å². The molecule has 4 rings (SSSR count). The van der Waals surface area contributed by atoms with Crippen molar-refractivity contribution < 1.29 is 4.52 Å². The molecule has 0 aliphatic carbocycles. The number of rotatable bonds is 6. The van der Waals surface area contributed by atoms with E-state index in [1.165, 1.54) is 4.57 Å². The van der Waals surface area contributed by atoms with Crippen LogP contribution in [-0.2, 0) is 13.1 Å². The van der Waals surface area contributed by atoms with Crippen LogP contribution in [0.2, 0.25) is 0 Å². The van der Waals surface area contributed by atoms with E-state index in [1.807, 2.05) is 66.7 Å². The van der Waals surface area contributed by atoms with Crippen molar-refractivity contribution in [2.24, 2.45) is 0 Å². The summed E-state index contributed by atoms with van der Waals surface area (Å²) in [7, 11) is 1.71. The van der Waals surface area contributed by atoms with E-state index in [9.17, 15) is 9.59 Å². The highest BCUT2D eigenvalue weighted by molar-refractivity contribution is 5.63. The molecule has 0 saturated heterocycles. The predicted molar refractivity (Wildman–Crippen MR) is 115 cm³/mol. The molecule has 0 unspecified atom stereocenters. The van der Waals surface area contributed by atoms with Gasteiger partial charge in [-0.15, -0.1) is 0 Å². The number of aromatic amines is 1. The van der Waals surface area contributed by atoms with Gasteiger partial charge in [0.15, 0.2) is 5.76 Å². The number of nitrogen functional groups attached to an aromatic ring is 1. The number of aromatic nitrogens is 3. The number of anilines is 2. The molecule has 0 saturated carbocycles. The highest BCUT2D eigenvalue weighted by Crippen LogP contribution is 2.22. The molecule has 8 heteroatoms. The Labute approximate surface area is 172 Å². The Kier molecular flexibility index (Phi) is 5.21. The minimum Gasteiger partial charge on any atom is -0.383 e. The van der Waals surface area contributed by atoms with Crippen molar-refractivity contribution in [1.82, 2.24) is 14.7 Å². The van der Waals surface area contributed by atoms with Gasteiger partial charge in [-0.05, 0) is 5.56 Å². The zero-order chi connectivity index (χ0) is 21.1. The first kappa shape index (κ1) is 19.3. The molecule has 4 aromatic rings. The molecular weight excluding hydrogens is 382 g/mol. The summed E-state index contributed by atoms with van der Waals surface area (Å²) < 4.78 is 6.77. The average molecular weight is 403 g/mol. The van der Waals surface area contributed by atoms with Crippen molar-refractivity contribution >= 4 is 11.5 Å². The average Bonchev–Trinajstić information content (AvgIpc) is 3.21. The van der Waals surface area contributed by atoms with Crippen LogP contribution in [0, 0.1) is 0 Å². The molecule has 3 N–H and O–H groups in total. The largest absolute Gasteiger partial charge is 0.383 e. The highest BCUT2D eigenvalue weighted by atomic mass is 16.5. The summed E-state index contributed by atoms with van der Waals surface area (Å²) in [6, 6.07) is 20.9. The lowest BCUT2D eigenvalue weighted by Gasteiger charge is -2.20. The van der Waals surface area contributed by atoms with Gasteiger partial charge < -0.3 is 15.2 Å². The van der Waals surface area contributed by atoms with Crippen LogP contribution < -0.4 is 21.9 Å². The summed E-state index contributed by atoms with van der Waals surface area (Å²) in [5.74, 6) is 0.661. The summed E-state index contributed by atoms with van der Waals surface area (Å²) in [6.45, 7) is 0.514. The molecule has 0 fully saturated rings. The van der Waals surface area contributed by atoms with Crippen LogP contribution in [0.3, 0.4) is 0 Å². The van der Waals surface area contributed by atoms with Gasteiger partial charge in [-0.2, -0.15) is 0 Å². The van der Waals surface area contributed by atoms with Gasteiger partial charge in [0.25, 0.3) is 5.56 Å². The Hall–Kier alpha value is -4.07. The number of H-pyrrole nitrogens is 1. The van der Waals surface area contributed by atoms with Gasteiger partial charge >= 0.3 is 5.69 Å². The third-order valence-corrected chi connectivity index (χ3v) is 4.80. The fourth-order valence-electron chi connectivity index (χ4n) is 3.31. The van der Waals surface area contributed by atoms with Crippen LogP contribution in [-0.4, -0.2) is 21.8 Å². The molecule has 0 amide bonds. The fourth-order valence-corrected chi connectivity index (χ4v) is 3.31. The van der Waals surface area contributed by atoms with Gasteiger partial charge in [0.05, 0.1) is 13.1 Å². The van der Waals surface area contributed by atoms with E-state index in [1.54, 1.807) is 11.9 Å². The molecular formula is C22H21N5O3. The molecule has 2 heterocycles. The number of benzene rings is 2. The van der Waals surface area contributed by atoms with Crippen LogP contribution in [0.1, 0.15) is 11.3 Å². The second-order valence-corrected chi connectivity index (χ2v) is 6.97. The molecule has 152 valence electrons. The standard InChI is InChI=1S/C22H21N5O3/c1-26(14-17-12-18(25-30-17)16-10-6-3-7-11-16)19-20(23)27(22(29)24-21(19)28)13-15-8-4-2-5-9-15/h2-12H,13-14,23H2,1H3,(H,24,28,29). The maximum Gasteiger partial charge on any atom is 0.330 e. The summed E-state index contributed by atoms with van der Waals surface area (Å²) in [6.07, 6.45) is 0. The maximum absolute atomic E-state index is 12.5. The Balaban J connectivity index is 1.62. The zero-order valence-electron chi connectivity index (χ0n) is 16.4. The first-order valence-corrected chi connectivity index (χ1v) is 9.41. The van der Waals surface area contributed by atoms with Crippen LogP contribution >= 0.6 is 0 Å². The molecule has 0 aliphatic rings. The second-order valence-electron chi connectivity index (χ2n) is 6.97. The monoisotopic (exact) mass is 403 g/mol. The van der Waals surface area contributed by atoms with Crippen molar-refractivity contribution in [3.63, 3.8) is 0 Å². The molecule has 2 aromatic heterocycles. The summed E-state index contributed by atoms with van der Waals surface area (Å²) in [5.41, 5.74) is 7.87. The topological polar surface area (TPSA) is 110 Å². The van der Waals surface area contributed by atoms with E-state index in [-0.39, 0.29) is 24.6 Å². The normalized spacial score (nSPS) is 10.8. The van der Waals surface area contributed by atoms with Gasteiger partial charge in [-0.1, -0.05) is 65.8 Å². The van der Waals surface area contributed by atoms with Crippen LogP contribution in [0.4, 0.5) is 11.5 Å². The maximum atomic E-state index is 12.5. The first-order valence-electron chi connectivity index (χ1n) is 9.41. The highest BCUT2D eigenvalue weighted by Gasteiger charge is 2.18. The summed E-state index contributed by atoms with van der Waals surface area (Å²) >= 11 is 0. The minimum absolute atomic E-state index is 0.0953. The number of nitrogens with two attached hydrogens (primary N) is 1. The molecule has 0 bridgehead atoms. The number of nitrogens with zero attached hydrogens (tertiary/aromatic N) is 3. The molecule has 0 aliphatic heterocycles. The van der Waals surface area contributed by atoms with Gasteiger partial charge in [0.1, 0.15) is 17.2 Å². The van der Waals surface area contributed by atoms with Crippen molar-refractivity contribution in [1.29, 1.82) is 0 Å². The fraction of sp³-hybridized carbons (Fsp3) is 0.136. The van der Waals surface area contributed by atoms with Crippen molar-refractivity contribution in [2.75, 3.05) is 17.7 Å². The third-order valence-electron chi connectivity index (χ3n) is 4.80. The molecule has 0 spiro atoms. The van der Waals surface area contributed by atoms with Crippen LogP contribution in [0.25, 0.3) is 11.3 Å². The van der Waals surface area contributed by atoms with Gasteiger partial charge in [-0.3, -0.25) is 14.3 Å². The van der Waals surface area contributed by atoms with Gasteiger partial charge in [-0.25, -0.2) is 4.79 Å². The predicted octanol–water partition coefficient (Wildman–Crippen LogP) is 2.46. The van der Waals surface area contributed by atoms with E-state index in [2.05, 4.69) is 10.1 Å². The van der Waals surface area contributed by atoms with E-state index < -0.39 is 11.2 Å².